The maximum atomic E-state index is 12.5. The molecule has 0 spiro atoms. The Morgan fingerprint density at radius 3 is 2.50 bits per heavy atom. The SMILES string of the molecule is C=CCC(Cl)c1ccc(F)cc1. The van der Waals surface area contributed by atoms with Crippen molar-refractivity contribution in [3.63, 3.8) is 0 Å². The summed E-state index contributed by atoms with van der Waals surface area (Å²) in [6.45, 7) is 3.59. The van der Waals surface area contributed by atoms with Gasteiger partial charge in [-0.3, -0.25) is 0 Å². The number of alkyl halides is 1. The summed E-state index contributed by atoms with van der Waals surface area (Å²) in [6, 6.07) is 6.20. The van der Waals surface area contributed by atoms with E-state index in [0.29, 0.717) is 6.42 Å². The van der Waals surface area contributed by atoms with Crippen molar-refractivity contribution in [1.82, 2.24) is 0 Å². The molecule has 0 fully saturated rings. The van der Waals surface area contributed by atoms with E-state index in [-0.39, 0.29) is 11.2 Å². The van der Waals surface area contributed by atoms with Gasteiger partial charge in [-0.1, -0.05) is 18.2 Å². The van der Waals surface area contributed by atoms with Gasteiger partial charge in [-0.25, -0.2) is 4.39 Å². The van der Waals surface area contributed by atoms with Crippen LogP contribution in [0.5, 0.6) is 0 Å². The van der Waals surface area contributed by atoms with E-state index in [0.717, 1.165) is 5.56 Å². The van der Waals surface area contributed by atoms with Gasteiger partial charge in [0.05, 0.1) is 5.38 Å². The Balaban J connectivity index is 2.74. The number of halogens is 2. The second kappa shape index (κ2) is 4.27. The molecule has 0 N–H and O–H groups in total. The molecule has 0 radical (unpaired) electrons. The largest absolute Gasteiger partial charge is 0.207 e. The summed E-state index contributed by atoms with van der Waals surface area (Å²) >= 11 is 5.96. The molecule has 0 saturated carbocycles. The molecule has 0 amide bonds. The third kappa shape index (κ3) is 2.35. The molecule has 0 aliphatic rings. The molecule has 12 heavy (non-hydrogen) atoms. The summed E-state index contributed by atoms with van der Waals surface area (Å²) < 4.78 is 12.5. The maximum absolute atomic E-state index is 12.5. The normalized spacial score (nSPS) is 12.5. The number of hydrogen-bond donors (Lipinski definition) is 0. The summed E-state index contributed by atoms with van der Waals surface area (Å²) in [4.78, 5) is 0. The third-order valence-corrected chi connectivity index (χ3v) is 2.04. The summed E-state index contributed by atoms with van der Waals surface area (Å²) in [5, 5.41) is -0.0944. The van der Waals surface area contributed by atoms with Crippen LogP contribution in [0.2, 0.25) is 0 Å². The second-order valence-electron chi connectivity index (χ2n) is 2.54. The lowest BCUT2D eigenvalue weighted by atomic mass is 10.1. The number of rotatable bonds is 3. The first kappa shape index (κ1) is 9.27. The molecule has 1 rings (SSSR count). The Morgan fingerprint density at radius 1 is 1.42 bits per heavy atom. The fraction of sp³-hybridized carbons (Fsp3) is 0.200. The highest BCUT2D eigenvalue weighted by molar-refractivity contribution is 6.20. The zero-order valence-electron chi connectivity index (χ0n) is 6.63. The molecule has 1 unspecified atom stereocenters. The van der Waals surface area contributed by atoms with Crippen molar-refractivity contribution in [2.24, 2.45) is 0 Å². The average Bonchev–Trinajstić information content (AvgIpc) is 2.06. The minimum absolute atomic E-state index is 0.0944. The number of allylic oxidation sites excluding steroid dienone is 1. The molecule has 0 heterocycles. The van der Waals surface area contributed by atoms with Crippen LogP contribution in [0.4, 0.5) is 4.39 Å². The van der Waals surface area contributed by atoms with Crippen LogP contribution >= 0.6 is 11.6 Å². The van der Waals surface area contributed by atoms with Crippen molar-refractivity contribution in [3.8, 4) is 0 Å². The Hall–Kier alpha value is -0.820. The maximum Gasteiger partial charge on any atom is 0.123 e. The van der Waals surface area contributed by atoms with Crippen molar-refractivity contribution in [3.05, 3.63) is 48.3 Å². The summed E-state index contributed by atoms with van der Waals surface area (Å²) in [7, 11) is 0. The lowest BCUT2D eigenvalue weighted by molar-refractivity contribution is 0.627. The van der Waals surface area contributed by atoms with E-state index in [1.807, 2.05) is 0 Å². The van der Waals surface area contributed by atoms with Crippen LogP contribution < -0.4 is 0 Å². The molecule has 0 bridgehead atoms. The zero-order valence-corrected chi connectivity index (χ0v) is 7.39. The monoisotopic (exact) mass is 184 g/mol. The summed E-state index contributed by atoms with van der Waals surface area (Å²) in [5.74, 6) is -0.235. The Morgan fingerprint density at radius 2 is 2.00 bits per heavy atom. The van der Waals surface area contributed by atoms with E-state index < -0.39 is 0 Å². The van der Waals surface area contributed by atoms with E-state index >= 15 is 0 Å². The standard InChI is InChI=1S/C10H10ClF/c1-2-3-10(11)8-4-6-9(12)7-5-8/h2,4-7,10H,1,3H2. The molecule has 0 aliphatic heterocycles. The van der Waals surface area contributed by atoms with Gasteiger partial charge in [-0.15, -0.1) is 18.2 Å². The predicted octanol–water partition coefficient (Wildman–Crippen LogP) is 3.68. The van der Waals surface area contributed by atoms with Gasteiger partial charge in [0.25, 0.3) is 0 Å². The van der Waals surface area contributed by atoms with Crippen LogP contribution in [0.15, 0.2) is 36.9 Å². The van der Waals surface area contributed by atoms with E-state index in [1.54, 1.807) is 18.2 Å². The minimum atomic E-state index is -0.235. The molecule has 0 aliphatic carbocycles. The molecule has 2 heteroatoms. The van der Waals surface area contributed by atoms with E-state index in [9.17, 15) is 4.39 Å². The lowest BCUT2D eigenvalue weighted by Gasteiger charge is -2.05. The molecular weight excluding hydrogens is 175 g/mol. The molecule has 1 atom stereocenters. The van der Waals surface area contributed by atoms with Crippen LogP contribution in [0.3, 0.4) is 0 Å². The summed E-state index contributed by atoms with van der Waals surface area (Å²) in [5.41, 5.74) is 0.929. The summed E-state index contributed by atoms with van der Waals surface area (Å²) in [6.07, 6.45) is 2.45. The van der Waals surface area contributed by atoms with Crippen molar-refractivity contribution >= 4 is 11.6 Å². The molecule has 0 nitrogen and oxygen atoms in total. The van der Waals surface area contributed by atoms with Gasteiger partial charge >= 0.3 is 0 Å². The molecule has 0 saturated heterocycles. The smallest absolute Gasteiger partial charge is 0.123 e. The van der Waals surface area contributed by atoms with Crippen LogP contribution in [0.1, 0.15) is 17.4 Å². The molecule has 0 aromatic heterocycles. The van der Waals surface area contributed by atoms with Crippen molar-refractivity contribution in [1.29, 1.82) is 0 Å². The highest BCUT2D eigenvalue weighted by atomic mass is 35.5. The predicted molar refractivity (Wildman–Crippen MR) is 49.8 cm³/mol. The van der Waals surface area contributed by atoms with Gasteiger partial charge in [0.15, 0.2) is 0 Å². The van der Waals surface area contributed by atoms with E-state index in [2.05, 4.69) is 6.58 Å². The van der Waals surface area contributed by atoms with Gasteiger partial charge in [-0.2, -0.15) is 0 Å². The van der Waals surface area contributed by atoms with Gasteiger partial charge < -0.3 is 0 Å². The third-order valence-electron chi connectivity index (χ3n) is 1.61. The average molecular weight is 185 g/mol. The Labute approximate surface area is 76.7 Å². The first-order valence-corrected chi connectivity index (χ1v) is 4.18. The van der Waals surface area contributed by atoms with Crippen LogP contribution in [0.25, 0.3) is 0 Å². The second-order valence-corrected chi connectivity index (χ2v) is 3.07. The van der Waals surface area contributed by atoms with Crippen LogP contribution in [-0.4, -0.2) is 0 Å². The first-order valence-electron chi connectivity index (χ1n) is 3.74. The Bertz CT molecular complexity index is 253. The minimum Gasteiger partial charge on any atom is -0.207 e. The molecule has 1 aromatic carbocycles. The fourth-order valence-corrected chi connectivity index (χ4v) is 1.23. The van der Waals surface area contributed by atoms with Crippen molar-refractivity contribution < 1.29 is 4.39 Å². The molecule has 64 valence electrons. The number of hydrogen-bond acceptors (Lipinski definition) is 0. The highest BCUT2D eigenvalue weighted by Crippen LogP contribution is 2.24. The lowest BCUT2D eigenvalue weighted by Crippen LogP contribution is -1.88. The van der Waals surface area contributed by atoms with Crippen LogP contribution in [-0.2, 0) is 0 Å². The Kier molecular flexibility index (Phi) is 3.30. The topological polar surface area (TPSA) is 0 Å². The van der Waals surface area contributed by atoms with E-state index in [4.69, 9.17) is 11.6 Å². The zero-order chi connectivity index (χ0) is 8.97. The number of benzene rings is 1. The molecule has 1 aromatic rings. The van der Waals surface area contributed by atoms with Gasteiger partial charge in [0.1, 0.15) is 5.82 Å². The quantitative estimate of drug-likeness (QED) is 0.497. The first-order chi connectivity index (χ1) is 5.74. The van der Waals surface area contributed by atoms with E-state index in [1.165, 1.54) is 12.1 Å². The fourth-order valence-electron chi connectivity index (χ4n) is 0.954. The van der Waals surface area contributed by atoms with Crippen molar-refractivity contribution in [2.75, 3.05) is 0 Å². The van der Waals surface area contributed by atoms with Gasteiger partial charge in [-0.05, 0) is 24.1 Å². The van der Waals surface area contributed by atoms with Crippen LogP contribution in [0, 0.1) is 5.82 Å². The highest BCUT2D eigenvalue weighted by Gasteiger charge is 2.04. The van der Waals surface area contributed by atoms with Gasteiger partial charge in [0, 0.05) is 0 Å². The molecular formula is C10H10ClF. The van der Waals surface area contributed by atoms with Gasteiger partial charge in [0.2, 0.25) is 0 Å². The van der Waals surface area contributed by atoms with Crippen molar-refractivity contribution in [2.45, 2.75) is 11.8 Å².